The monoisotopic (exact) mass is 373 g/mol. The largest absolute Gasteiger partial charge is 0.486 e. The summed E-state index contributed by atoms with van der Waals surface area (Å²) in [6.45, 7) is 0.234. The van der Waals surface area contributed by atoms with E-state index in [-0.39, 0.29) is 12.4 Å². The summed E-state index contributed by atoms with van der Waals surface area (Å²) >= 11 is 6.52. The third-order valence-corrected chi connectivity index (χ3v) is 3.37. The van der Waals surface area contributed by atoms with E-state index >= 15 is 0 Å². The Bertz CT molecular complexity index is 523. The van der Waals surface area contributed by atoms with Gasteiger partial charge in [0.2, 0.25) is 0 Å². The minimum atomic E-state index is -0.403. The van der Waals surface area contributed by atoms with Gasteiger partial charge in [-0.25, -0.2) is 4.39 Å². The number of anilines is 1. The lowest BCUT2D eigenvalue weighted by atomic mass is 10.2. The summed E-state index contributed by atoms with van der Waals surface area (Å²) < 4.78 is 20.5. The second kappa shape index (κ2) is 5.71. The SMILES string of the molecule is Nc1cc(Br)ccc1COc1ccc(Br)cc1F. The number of hydrogen-bond acceptors (Lipinski definition) is 2. The molecule has 0 heterocycles. The minimum absolute atomic E-state index is 0.209. The Labute approximate surface area is 121 Å². The molecule has 2 aromatic carbocycles. The van der Waals surface area contributed by atoms with Crippen molar-refractivity contribution in [2.45, 2.75) is 6.61 Å². The molecule has 0 spiro atoms. The lowest BCUT2D eigenvalue weighted by Crippen LogP contribution is -2.01. The lowest BCUT2D eigenvalue weighted by Gasteiger charge is -2.09. The zero-order chi connectivity index (χ0) is 13.1. The molecule has 0 aliphatic rings. The van der Waals surface area contributed by atoms with Crippen molar-refractivity contribution < 1.29 is 9.13 Å². The molecule has 0 amide bonds. The van der Waals surface area contributed by atoms with E-state index in [1.54, 1.807) is 18.2 Å². The van der Waals surface area contributed by atoms with E-state index in [0.717, 1.165) is 10.0 Å². The molecule has 0 unspecified atom stereocenters. The van der Waals surface area contributed by atoms with Crippen molar-refractivity contribution in [3.63, 3.8) is 0 Å². The van der Waals surface area contributed by atoms with Crippen LogP contribution in [0.25, 0.3) is 0 Å². The number of nitrogen functional groups attached to an aromatic ring is 1. The lowest BCUT2D eigenvalue weighted by molar-refractivity contribution is 0.291. The van der Waals surface area contributed by atoms with E-state index in [4.69, 9.17) is 10.5 Å². The van der Waals surface area contributed by atoms with Gasteiger partial charge in [0.15, 0.2) is 11.6 Å². The predicted molar refractivity (Wildman–Crippen MR) is 77.0 cm³/mol. The summed E-state index contributed by atoms with van der Waals surface area (Å²) in [5.74, 6) is -0.194. The summed E-state index contributed by atoms with van der Waals surface area (Å²) in [6.07, 6.45) is 0. The quantitative estimate of drug-likeness (QED) is 0.802. The number of benzene rings is 2. The molecule has 2 N–H and O–H groups in total. The Morgan fingerprint density at radius 2 is 1.72 bits per heavy atom. The number of ether oxygens (including phenoxy) is 1. The zero-order valence-electron chi connectivity index (χ0n) is 9.29. The summed E-state index contributed by atoms with van der Waals surface area (Å²) in [5, 5.41) is 0. The van der Waals surface area contributed by atoms with Crippen LogP contribution in [0.2, 0.25) is 0 Å². The van der Waals surface area contributed by atoms with Gasteiger partial charge in [0.05, 0.1) is 0 Å². The smallest absolute Gasteiger partial charge is 0.166 e. The van der Waals surface area contributed by atoms with Gasteiger partial charge in [0.1, 0.15) is 6.61 Å². The average molecular weight is 375 g/mol. The molecule has 0 aliphatic heterocycles. The Morgan fingerprint density at radius 1 is 1.06 bits per heavy atom. The molecule has 0 atom stereocenters. The normalized spacial score (nSPS) is 10.4. The van der Waals surface area contributed by atoms with E-state index < -0.39 is 5.82 Å². The van der Waals surface area contributed by atoms with Crippen molar-refractivity contribution in [2.75, 3.05) is 5.73 Å². The molecular formula is C13H10Br2FNO. The van der Waals surface area contributed by atoms with Crippen molar-refractivity contribution in [3.05, 3.63) is 56.7 Å². The highest BCUT2D eigenvalue weighted by Gasteiger charge is 2.06. The first kappa shape index (κ1) is 13.4. The van der Waals surface area contributed by atoms with E-state index in [0.29, 0.717) is 10.2 Å². The first-order valence-corrected chi connectivity index (χ1v) is 6.76. The van der Waals surface area contributed by atoms with Crippen LogP contribution in [0.4, 0.5) is 10.1 Å². The molecule has 0 aromatic heterocycles. The number of hydrogen-bond donors (Lipinski definition) is 1. The summed E-state index contributed by atoms with van der Waals surface area (Å²) in [5.41, 5.74) is 7.27. The fourth-order valence-corrected chi connectivity index (χ4v) is 2.16. The number of rotatable bonds is 3. The van der Waals surface area contributed by atoms with Crippen LogP contribution in [0.3, 0.4) is 0 Å². The van der Waals surface area contributed by atoms with E-state index in [1.807, 2.05) is 12.1 Å². The third kappa shape index (κ3) is 3.23. The highest BCUT2D eigenvalue weighted by atomic mass is 79.9. The van der Waals surface area contributed by atoms with Crippen LogP contribution in [0.5, 0.6) is 5.75 Å². The van der Waals surface area contributed by atoms with Crippen molar-refractivity contribution in [2.24, 2.45) is 0 Å². The molecule has 5 heteroatoms. The highest BCUT2D eigenvalue weighted by molar-refractivity contribution is 9.10. The molecule has 94 valence electrons. The van der Waals surface area contributed by atoms with Crippen molar-refractivity contribution in [1.29, 1.82) is 0 Å². The van der Waals surface area contributed by atoms with Crippen LogP contribution in [0.1, 0.15) is 5.56 Å². The Kier molecular flexibility index (Phi) is 4.24. The van der Waals surface area contributed by atoms with Crippen LogP contribution >= 0.6 is 31.9 Å². The highest BCUT2D eigenvalue weighted by Crippen LogP contribution is 2.24. The molecule has 0 saturated carbocycles. The number of halogens is 3. The standard InChI is InChI=1S/C13H10Br2FNO/c14-9-3-4-13(11(16)5-9)18-7-8-1-2-10(15)6-12(8)17/h1-6H,7,17H2. The fourth-order valence-electron chi connectivity index (χ4n) is 1.45. The second-order valence-corrected chi connectivity index (χ2v) is 5.54. The summed E-state index contributed by atoms with van der Waals surface area (Å²) in [7, 11) is 0. The summed E-state index contributed by atoms with van der Waals surface area (Å²) in [4.78, 5) is 0. The van der Waals surface area contributed by atoms with Gasteiger partial charge < -0.3 is 10.5 Å². The van der Waals surface area contributed by atoms with E-state index in [9.17, 15) is 4.39 Å². The fraction of sp³-hybridized carbons (Fsp3) is 0.0769. The van der Waals surface area contributed by atoms with Crippen molar-refractivity contribution in [1.82, 2.24) is 0 Å². The van der Waals surface area contributed by atoms with Gasteiger partial charge in [0, 0.05) is 20.2 Å². The van der Waals surface area contributed by atoms with Crippen molar-refractivity contribution in [3.8, 4) is 5.75 Å². The third-order valence-electron chi connectivity index (χ3n) is 2.39. The van der Waals surface area contributed by atoms with E-state index in [2.05, 4.69) is 31.9 Å². The zero-order valence-corrected chi connectivity index (χ0v) is 12.5. The molecule has 0 aliphatic carbocycles. The Balaban J connectivity index is 2.11. The van der Waals surface area contributed by atoms with Gasteiger partial charge >= 0.3 is 0 Å². The van der Waals surface area contributed by atoms with Crippen LogP contribution in [-0.4, -0.2) is 0 Å². The Hall–Kier alpha value is -1.07. The van der Waals surface area contributed by atoms with Gasteiger partial charge in [-0.2, -0.15) is 0 Å². The molecule has 2 aromatic rings. The molecule has 0 bridgehead atoms. The van der Waals surface area contributed by atoms with Gasteiger partial charge in [-0.1, -0.05) is 37.9 Å². The second-order valence-electron chi connectivity index (χ2n) is 3.71. The van der Waals surface area contributed by atoms with Gasteiger partial charge in [-0.15, -0.1) is 0 Å². The molecule has 0 radical (unpaired) electrons. The first-order chi connectivity index (χ1) is 8.56. The topological polar surface area (TPSA) is 35.2 Å². The van der Waals surface area contributed by atoms with Crippen LogP contribution < -0.4 is 10.5 Å². The maximum atomic E-state index is 13.5. The maximum Gasteiger partial charge on any atom is 0.166 e. The van der Waals surface area contributed by atoms with E-state index in [1.165, 1.54) is 6.07 Å². The average Bonchev–Trinajstić information content (AvgIpc) is 2.30. The first-order valence-electron chi connectivity index (χ1n) is 5.18. The molecule has 18 heavy (non-hydrogen) atoms. The Morgan fingerprint density at radius 3 is 2.39 bits per heavy atom. The molecular weight excluding hydrogens is 365 g/mol. The minimum Gasteiger partial charge on any atom is -0.486 e. The van der Waals surface area contributed by atoms with Crippen LogP contribution in [0, 0.1) is 5.82 Å². The van der Waals surface area contributed by atoms with Crippen LogP contribution in [0.15, 0.2) is 45.3 Å². The van der Waals surface area contributed by atoms with Crippen LogP contribution in [-0.2, 0) is 6.61 Å². The predicted octanol–water partition coefficient (Wildman–Crippen LogP) is 4.51. The van der Waals surface area contributed by atoms with Gasteiger partial charge in [0.25, 0.3) is 0 Å². The van der Waals surface area contributed by atoms with Gasteiger partial charge in [-0.3, -0.25) is 0 Å². The molecule has 2 nitrogen and oxygen atoms in total. The maximum absolute atomic E-state index is 13.5. The number of nitrogens with two attached hydrogens (primary N) is 1. The van der Waals surface area contributed by atoms with Crippen molar-refractivity contribution >= 4 is 37.5 Å². The van der Waals surface area contributed by atoms with Gasteiger partial charge in [-0.05, 0) is 30.3 Å². The molecule has 0 fully saturated rings. The summed E-state index contributed by atoms with van der Waals surface area (Å²) in [6, 6.07) is 10.2. The molecule has 0 saturated heterocycles. The molecule has 2 rings (SSSR count).